The molecule has 0 spiro atoms. The highest BCUT2D eigenvalue weighted by Crippen LogP contribution is 2.39. The molecule has 1 heterocycles. The summed E-state index contributed by atoms with van der Waals surface area (Å²) in [5.41, 5.74) is 0. The van der Waals surface area contributed by atoms with Crippen molar-refractivity contribution in [1.82, 2.24) is 10.2 Å². The molecule has 0 aromatic heterocycles. The molecule has 1 aliphatic carbocycles. The molecule has 2 aliphatic rings. The zero-order chi connectivity index (χ0) is 10.1. The van der Waals surface area contributed by atoms with Gasteiger partial charge in [0.15, 0.2) is 0 Å². The standard InChI is InChI=1S/C11H20N2O/c1-8-7-10(8)11(14)13-5-3-9(12-2)4-6-13/h8-10,12H,3-7H2,1-2H3. The second-order valence-electron chi connectivity index (χ2n) is 4.71. The van der Waals surface area contributed by atoms with Crippen molar-refractivity contribution >= 4 is 5.91 Å². The number of carbonyl (C=O) groups excluding carboxylic acids is 1. The molecule has 1 N–H and O–H groups in total. The maximum Gasteiger partial charge on any atom is 0.225 e. The van der Waals surface area contributed by atoms with E-state index in [1.54, 1.807) is 0 Å². The van der Waals surface area contributed by atoms with E-state index in [1.807, 2.05) is 7.05 Å². The van der Waals surface area contributed by atoms with Crippen molar-refractivity contribution in [2.75, 3.05) is 20.1 Å². The van der Waals surface area contributed by atoms with Crippen molar-refractivity contribution in [3.63, 3.8) is 0 Å². The minimum absolute atomic E-state index is 0.362. The topological polar surface area (TPSA) is 32.3 Å². The molecule has 14 heavy (non-hydrogen) atoms. The van der Waals surface area contributed by atoms with E-state index in [2.05, 4.69) is 17.1 Å². The molecule has 1 aliphatic heterocycles. The first-order valence-corrected chi connectivity index (χ1v) is 5.68. The monoisotopic (exact) mass is 196 g/mol. The van der Waals surface area contributed by atoms with Crippen LogP contribution in [0.25, 0.3) is 0 Å². The van der Waals surface area contributed by atoms with E-state index in [-0.39, 0.29) is 0 Å². The van der Waals surface area contributed by atoms with E-state index in [4.69, 9.17) is 0 Å². The quantitative estimate of drug-likeness (QED) is 0.710. The largest absolute Gasteiger partial charge is 0.342 e. The van der Waals surface area contributed by atoms with Crippen LogP contribution in [0.5, 0.6) is 0 Å². The summed E-state index contributed by atoms with van der Waals surface area (Å²) in [6.45, 7) is 4.07. The van der Waals surface area contributed by atoms with Crippen molar-refractivity contribution in [3.8, 4) is 0 Å². The Morgan fingerprint density at radius 3 is 2.36 bits per heavy atom. The van der Waals surface area contributed by atoms with E-state index in [0.29, 0.717) is 23.8 Å². The Morgan fingerprint density at radius 1 is 1.36 bits per heavy atom. The number of amides is 1. The summed E-state index contributed by atoms with van der Waals surface area (Å²) in [6, 6.07) is 0.621. The van der Waals surface area contributed by atoms with Gasteiger partial charge in [-0.05, 0) is 32.2 Å². The average molecular weight is 196 g/mol. The maximum atomic E-state index is 11.9. The summed E-state index contributed by atoms with van der Waals surface area (Å²) in [5, 5.41) is 3.28. The number of hydrogen-bond donors (Lipinski definition) is 1. The van der Waals surface area contributed by atoms with Gasteiger partial charge in [0, 0.05) is 25.0 Å². The van der Waals surface area contributed by atoms with Crippen molar-refractivity contribution in [2.24, 2.45) is 11.8 Å². The molecule has 2 fully saturated rings. The lowest BCUT2D eigenvalue weighted by molar-refractivity contribution is -0.133. The van der Waals surface area contributed by atoms with Gasteiger partial charge in [0.25, 0.3) is 0 Å². The van der Waals surface area contributed by atoms with E-state index in [0.717, 1.165) is 32.4 Å². The highest BCUT2D eigenvalue weighted by Gasteiger charge is 2.41. The van der Waals surface area contributed by atoms with Crippen LogP contribution in [0.3, 0.4) is 0 Å². The highest BCUT2D eigenvalue weighted by atomic mass is 16.2. The molecule has 80 valence electrons. The lowest BCUT2D eigenvalue weighted by atomic mass is 10.0. The molecule has 1 amide bonds. The molecule has 3 nitrogen and oxygen atoms in total. The molecule has 0 bridgehead atoms. The Morgan fingerprint density at radius 2 is 1.93 bits per heavy atom. The van der Waals surface area contributed by atoms with E-state index < -0.39 is 0 Å². The summed E-state index contributed by atoms with van der Waals surface area (Å²) in [4.78, 5) is 13.9. The average Bonchev–Trinajstić information content (AvgIpc) is 2.95. The van der Waals surface area contributed by atoms with Gasteiger partial charge in [0.05, 0.1) is 0 Å². The van der Waals surface area contributed by atoms with Gasteiger partial charge in [-0.25, -0.2) is 0 Å². The molecule has 3 heteroatoms. The Hall–Kier alpha value is -0.570. The van der Waals surface area contributed by atoms with Crippen LogP contribution in [0.1, 0.15) is 26.2 Å². The summed E-state index contributed by atoms with van der Waals surface area (Å²) in [5.74, 6) is 1.41. The first kappa shape index (κ1) is 9.97. The fraction of sp³-hybridized carbons (Fsp3) is 0.909. The second kappa shape index (κ2) is 3.89. The first-order chi connectivity index (χ1) is 6.72. The van der Waals surface area contributed by atoms with Crippen LogP contribution in [0.2, 0.25) is 0 Å². The van der Waals surface area contributed by atoms with Crippen molar-refractivity contribution < 1.29 is 4.79 Å². The molecular weight excluding hydrogens is 176 g/mol. The zero-order valence-electron chi connectivity index (χ0n) is 9.12. The first-order valence-electron chi connectivity index (χ1n) is 5.68. The van der Waals surface area contributed by atoms with Crippen LogP contribution in [0, 0.1) is 11.8 Å². The molecule has 0 radical (unpaired) electrons. The second-order valence-corrected chi connectivity index (χ2v) is 4.71. The van der Waals surface area contributed by atoms with Gasteiger partial charge in [0.2, 0.25) is 5.91 Å². The Balaban J connectivity index is 1.80. The number of hydrogen-bond acceptors (Lipinski definition) is 2. The van der Waals surface area contributed by atoms with E-state index >= 15 is 0 Å². The third-order valence-corrected chi connectivity index (χ3v) is 3.64. The van der Waals surface area contributed by atoms with E-state index in [9.17, 15) is 4.79 Å². The fourth-order valence-corrected chi connectivity index (χ4v) is 2.29. The molecule has 2 unspecified atom stereocenters. The van der Waals surface area contributed by atoms with Gasteiger partial charge in [-0.3, -0.25) is 4.79 Å². The molecular formula is C11H20N2O. The van der Waals surface area contributed by atoms with Crippen molar-refractivity contribution in [3.05, 3.63) is 0 Å². The summed E-state index contributed by atoms with van der Waals surface area (Å²) >= 11 is 0. The predicted octanol–water partition coefficient (Wildman–Crippen LogP) is 0.853. The molecule has 1 saturated heterocycles. The lowest BCUT2D eigenvalue weighted by Crippen LogP contribution is -2.44. The smallest absolute Gasteiger partial charge is 0.225 e. The van der Waals surface area contributed by atoms with Gasteiger partial charge >= 0.3 is 0 Å². The van der Waals surface area contributed by atoms with Gasteiger partial charge in [-0.15, -0.1) is 0 Å². The summed E-state index contributed by atoms with van der Waals surface area (Å²) in [7, 11) is 2.01. The highest BCUT2D eigenvalue weighted by molar-refractivity contribution is 5.81. The predicted molar refractivity (Wildman–Crippen MR) is 55.9 cm³/mol. The van der Waals surface area contributed by atoms with Gasteiger partial charge in [0.1, 0.15) is 0 Å². The number of piperidine rings is 1. The van der Waals surface area contributed by atoms with Crippen LogP contribution in [0.4, 0.5) is 0 Å². The Kier molecular flexibility index (Phi) is 2.77. The number of nitrogens with zero attached hydrogens (tertiary/aromatic N) is 1. The molecule has 1 saturated carbocycles. The minimum atomic E-state index is 0.362. The maximum absolute atomic E-state index is 11.9. The Bertz CT molecular complexity index is 221. The minimum Gasteiger partial charge on any atom is -0.342 e. The van der Waals surface area contributed by atoms with Crippen LogP contribution < -0.4 is 5.32 Å². The normalized spacial score (nSPS) is 33.1. The van der Waals surface area contributed by atoms with Gasteiger partial charge in [-0.2, -0.15) is 0 Å². The Labute approximate surface area is 85.8 Å². The van der Waals surface area contributed by atoms with E-state index in [1.165, 1.54) is 0 Å². The number of nitrogens with one attached hydrogen (secondary N) is 1. The summed E-state index contributed by atoms with van der Waals surface area (Å²) in [6.07, 6.45) is 3.34. The molecule has 0 aromatic rings. The zero-order valence-corrected chi connectivity index (χ0v) is 9.12. The molecule has 2 rings (SSSR count). The number of carbonyl (C=O) groups is 1. The lowest BCUT2D eigenvalue weighted by Gasteiger charge is -2.32. The third-order valence-electron chi connectivity index (χ3n) is 3.64. The summed E-state index contributed by atoms with van der Waals surface area (Å²) < 4.78 is 0. The molecule has 0 aromatic carbocycles. The number of likely N-dealkylation sites (tertiary alicyclic amines) is 1. The van der Waals surface area contributed by atoms with Gasteiger partial charge in [-0.1, -0.05) is 6.92 Å². The van der Waals surface area contributed by atoms with Crippen LogP contribution >= 0.6 is 0 Å². The third kappa shape index (κ3) is 1.92. The van der Waals surface area contributed by atoms with Crippen molar-refractivity contribution in [2.45, 2.75) is 32.2 Å². The molecule has 2 atom stereocenters. The van der Waals surface area contributed by atoms with Crippen LogP contribution in [-0.2, 0) is 4.79 Å². The van der Waals surface area contributed by atoms with Crippen LogP contribution in [-0.4, -0.2) is 37.0 Å². The number of rotatable bonds is 2. The SMILES string of the molecule is CNC1CCN(C(=O)C2CC2C)CC1. The van der Waals surface area contributed by atoms with Crippen molar-refractivity contribution in [1.29, 1.82) is 0 Å². The van der Waals surface area contributed by atoms with Crippen LogP contribution in [0.15, 0.2) is 0 Å². The fourth-order valence-electron chi connectivity index (χ4n) is 2.29. The van der Waals surface area contributed by atoms with Gasteiger partial charge < -0.3 is 10.2 Å².